The molecule has 1 unspecified atom stereocenters. The molecule has 4 nitrogen and oxygen atoms in total. The fourth-order valence-corrected chi connectivity index (χ4v) is 2.57. The van der Waals surface area contributed by atoms with E-state index in [4.69, 9.17) is 4.98 Å². The summed E-state index contributed by atoms with van der Waals surface area (Å²) in [5.74, 6) is 0.920. The molecular weight excluding hydrogens is 224 g/mol. The standard InChI is InChI=1S/C14H22N4/c1-10-5-6-18(10)13-15-7-11-8-17(14(2,3)4)9-12(11)16-13/h7,10H,5-6,8-9H2,1-4H3. The van der Waals surface area contributed by atoms with Crippen LogP contribution in [0.15, 0.2) is 6.20 Å². The normalized spacial score (nSPS) is 24.0. The molecule has 98 valence electrons. The third-order valence-electron chi connectivity index (χ3n) is 4.17. The van der Waals surface area contributed by atoms with E-state index in [9.17, 15) is 0 Å². The maximum absolute atomic E-state index is 4.76. The van der Waals surface area contributed by atoms with E-state index in [0.717, 1.165) is 25.6 Å². The predicted octanol–water partition coefficient (Wildman–Crippen LogP) is 2.19. The van der Waals surface area contributed by atoms with Crippen molar-refractivity contribution in [2.24, 2.45) is 0 Å². The van der Waals surface area contributed by atoms with E-state index in [-0.39, 0.29) is 5.54 Å². The van der Waals surface area contributed by atoms with Crippen LogP contribution in [0.1, 0.15) is 45.4 Å². The molecule has 1 atom stereocenters. The van der Waals surface area contributed by atoms with Crippen LogP contribution in [0.5, 0.6) is 0 Å². The lowest BCUT2D eigenvalue weighted by atomic mass is 10.1. The lowest BCUT2D eigenvalue weighted by Gasteiger charge is -2.38. The molecular formula is C14H22N4. The van der Waals surface area contributed by atoms with Crippen molar-refractivity contribution < 1.29 is 0 Å². The molecule has 0 bridgehead atoms. The van der Waals surface area contributed by atoms with Crippen LogP contribution >= 0.6 is 0 Å². The van der Waals surface area contributed by atoms with Gasteiger partial charge in [-0.15, -0.1) is 0 Å². The molecule has 0 saturated carbocycles. The minimum absolute atomic E-state index is 0.199. The van der Waals surface area contributed by atoms with Crippen LogP contribution in [0.2, 0.25) is 0 Å². The van der Waals surface area contributed by atoms with Gasteiger partial charge in [-0.25, -0.2) is 9.97 Å². The number of nitrogens with zero attached hydrogens (tertiary/aromatic N) is 4. The number of hydrogen-bond donors (Lipinski definition) is 0. The van der Waals surface area contributed by atoms with Gasteiger partial charge in [0.25, 0.3) is 0 Å². The van der Waals surface area contributed by atoms with Crippen LogP contribution in [0, 0.1) is 0 Å². The van der Waals surface area contributed by atoms with E-state index in [1.807, 2.05) is 6.20 Å². The Bertz CT molecular complexity index is 463. The summed E-state index contributed by atoms with van der Waals surface area (Å²) in [6.07, 6.45) is 3.28. The maximum Gasteiger partial charge on any atom is 0.225 e. The topological polar surface area (TPSA) is 32.3 Å². The molecule has 0 aromatic carbocycles. The Morgan fingerprint density at radius 1 is 1.28 bits per heavy atom. The Morgan fingerprint density at radius 3 is 2.61 bits per heavy atom. The Kier molecular flexibility index (Phi) is 2.59. The van der Waals surface area contributed by atoms with E-state index in [2.05, 4.69) is 42.5 Å². The molecule has 1 aromatic heterocycles. The summed E-state index contributed by atoms with van der Waals surface area (Å²) in [4.78, 5) is 14.0. The van der Waals surface area contributed by atoms with Gasteiger partial charge in [0.2, 0.25) is 5.95 Å². The van der Waals surface area contributed by atoms with Crippen molar-refractivity contribution in [3.63, 3.8) is 0 Å². The highest BCUT2D eigenvalue weighted by Gasteiger charge is 2.31. The molecule has 3 heterocycles. The summed E-state index contributed by atoms with van der Waals surface area (Å²) in [5.41, 5.74) is 2.71. The first-order chi connectivity index (χ1) is 8.45. The SMILES string of the molecule is CC1CCN1c1ncc2c(n1)CN(C(C)(C)C)C2. The average Bonchev–Trinajstić information content (AvgIpc) is 2.69. The maximum atomic E-state index is 4.76. The highest BCUT2D eigenvalue weighted by Crippen LogP contribution is 2.30. The molecule has 4 heteroatoms. The number of aromatic nitrogens is 2. The van der Waals surface area contributed by atoms with Gasteiger partial charge in [-0.3, -0.25) is 4.90 Å². The molecule has 0 spiro atoms. The Labute approximate surface area is 109 Å². The number of rotatable bonds is 1. The van der Waals surface area contributed by atoms with Crippen LogP contribution in [-0.2, 0) is 13.1 Å². The average molecular weight is 246 g/mol. The minimum atomic E-state index is 0.199. The van der Waals surface area contributed by atoms with Gasteiger partial charge in [0, 0.05) is 43.0 Å². The van der Waals surface area contributed by atoms with Crippen molar-refractivity contribution in [1.29, 1.82) is 0 Å². The Balaban J connectivity index is 1.83. The second-order valence-corrected chi connectivity index (χ2v) is 6.50. The van der Waals surface area contributed by atoms with Gasteiger partial charge in [0.1, 0.15) is 0 Å². The zero-order valence-electron chi connectivity index (χ0n) is 11.8. The van der Waals surface area contributed by atoms with E-state index in [1.54, 1.807) is 0 Å². The van der Waals surface area contributed by atoms with E-state index in [0.29, 0.717) is 6.04 Å². The highest BCUT2D eigenvalue weighted by molar-refractivity contribution is 5.38. The van der Waals surface area contributed by atoms with Gasteiger partial charge in [-0.2, -0.15) is 0 Å². The summed E-state index contributed by atoms with van der Waals surface area (Å²) in [6.45, 7) is 12.0. The molecule has 0 amide bonds. The third kappa shape index (κ3) is 1.88. The summed E-state index contributed by atoms with van der Waals surface area (Å²) >= 11 is 0. The molecule has 1 fully saturated rings. The Hall–Kier alpha value is -1.16. The molecule has 0 N–H and O–H groups in total. The zero-order chi connectivity index (χ0) is 12.9. The smallest absolute Gasteiger partial charge is 0.225 e. The largest absolute Gasteiger partial charge is 0.338 e. The molecule has 0 radical (unpaired) electrons. The van der Waals surface area contributed by atoms with Gasteiger partial charge < -0.3 is 4.90 Å². The molecule has 18 heavy (non-hydrogen) atoms. The van der Waals surface area contributed by atoms with Gasteiger partial charge in [-0.1, -0.05) is 0 Å². The molecule has 2 aliphatic heterocycles. The van der Waals surface area contributed by atoms with Crippen LogP contribution in [0.3, 0.4) is 0 Å². The first kappa shape index (κ1) is 11.9. The van der Waals surface area contributed by atoms with Crippen molar-refractivity contribution >= 4 is 5.95 Å². The number of fused-ring (bicyclic) bond motifs is 1. The fourth-order valence-electron chi connectivity index (χ4n) is 2.57. The first-order valence-corrected chi connectivity index (χ1v) is 6.81. The lowest BCUT2D eigenvalue weighted by Crippen LogP contribution is -2.46. The highest BCUT2D eigenvalue weighted by atomic mass is 15.3. The van der Waals surface area contributed by atoms with Gasteiger partial charge in [0.05, 0.1) is 5.69 Å². The third-order valence-corrected chi connectivity index (χ3v) is 4.17. The first-order valence-electron chi connectivity index (χ1n) is 6.81. The van der Waals surface area contributed by atoms with Gasteiger partial charge in [-0.05, 0) is 34.1 Å². The quantitative estimate of drug-likeness (QED) is 0.760. The second kappa shape index (κ2) is 3.92. The van der Waals surface area contributed by atoms with Crippen LogP contribution in [-0.4, -0.2) is 33.0 Å². The fraction of sp³-hybridized carbons (Fsp3) is 0.714. The lowest BCUT2D eigenvalue weighted by molar-refractivity contribution is 0.135. The van der Waals surface area contributed by atoms with Gasteiger partial charge in [0.15, 0.2) is 0 Å². The summed E-state index contributed by atoms with van der Waals surface area (Å²) in [5, 5.41) is 0. The monoisotopic (exact) mass is 246 g/mol. The van der Waals surface area contributed by atoms with E-state index < -0.39 is 0 Å². The molecule has 1 aromatic rings. The van der Waals surface area contributed by atoms with Crippen molar-refractivity contribution in [1.82, 2.24) is 14.9 Å². The van der Waals surface area contributed by atoms with Crippen molar-refractivity contribution in [2.45, 2.75) is 58.8 Å². The van der Waals surface area contributed by atoms with Crippen LogP contribution in [0.25, 0.3) is 0 Å². The van der Waals surface area contributed by atoms with Crippen molar-refractivity contribution in [2.75, 3.05) is 11.4 Å². The summed E-state index contributed by atoms with van der Waals surface area (Å²) in [7, 11) is 0. The summed E-state index contributed by atoms with van der Waals surface area (Å²) in [6, 6.07) is 0.600. The molecule has 0 aliphatic carbocycles. The van der Waals surface area contributed by atoms with E-state index in [1.165, 1.54) is 17.7 Å². The van der Waals surface area contributed by atoms with Crippen LogP contribution in [0.4, 0.5) is 5.95 Å². The minimum Gasteiger partial charge on any atom is -0.338 e. The van der Waals surface area contributed by atoms with Crippen molar-refractivity contribution in [3.8, 4) is 0 Å². The van der Waals surface area contributed by atoms with Crippen molar-refractivity contribution in [3.05, 3.63) is 17.5 Å². The number of hydrogen-bond acceptors (Lipinski definition) is 4. The Morgan fingerprint density at radius 2 is 2.06 bits per heavy atom. The predicted molar refractivity (Wildman–Crippen MR) is 72.5 cm³/mol. The molecule has 1 saturated heterocycles. The summed E-state index contributed by atoms with van der Waals surface area (Å²) < 4.78 is 0. The second-order valence-electron chi connectivity index (χ2n) is 6.50. The van der Waals surface area contributed by atoms with Crippen LogP contribution < -0.4 is 4.90 Å². The molecule has 3 rings (SSSR count). The zero-order valence-corrected chi connectivity index (χ0v) is 11.8. The van der Waals surface area contributed by atoms with Gasteiger partial charge >= 0.3 is 0 Å². The molecule has 2 aliphatic rings. The number of anilines is 1. The van der Waals surface area contributed by atoms with E-state index >= 15 is 0 Å².